The number of hydrogen-bond acceptors (Lipinski definition) is 6. The summed E-state index contributed by atoms with van der Waals surface area (Å²) in [6.07, 6.45) is 2.77. The van der Waals surface area contributed by atoms with Crippen molar-refractivity contribution in [2.24, 2.45) is 5.41 Å². The third kappa shape index (κ3) is 6.19. The van der Waals surface area contributed by atoms with Crippen molar-refractivity contribution < 1.29 is 28.7 Å². The Labute approximate surface area is 188 Å². The van der Waals surface area contributed by atoms with Gasteiger partial charge in [0, 0.05) is 25.1 Å². The summed E-state index contributed by atoms with van der Waals surface area (Å²) in [5.74, 6) is -2.14. The largest absolute Gasteiger partial charge is 0.465 e. The summed E-state index contributed by atoms with van der Waals surface area (Å²) >= 11 is 6.36. The molecule has 0 amide bonds. The molecule has 8 heteroatoms. The molecule has 1 aromatic heterocycles. The highest BCUT2D eigenvalue weighted by atomic mass is 35.5. The zero-order valence-corrected chi connectivity index (χ0v) is 20.0. The molecule has 0 aromatic carbocycles. The minimum Gasteiger partial charge on any atom is -0.465 e. The third-order valence-electron chi connectivity index (χ3n) is 5.26. The van der Waals surface area contributed by atoms with Crippen molar-refractivity contribution in [2.45, 2.75) is 85.3 Å². The molecule has 0 fully saturated rings. The standard InChI is InChI=1S/C23H32ClNO6/c1-22(2,3)31-16(27)10-7-11-23(4,5)13-15(26)20(28)19-18(24)17(21(29)30-6)14-9-8-12-25(14)19/h7-13H2,1-6H3. The molecule has 7 nitrogen and oxygen atoms in total. The van der Waals surface area contributed by atoms with Crippen LogP contribution in [0.2, 0.25) is 5.02 Å². The van der Waals surface area contributed by atoms with Gasteiger partial charge in [0.2, 0.25) is 11.6 Å². The van der Waals surface area contributed by atoms with E-state index in [-0.39, 0.29) is 35.1 Å². The molecule has 31 heavy (non-hydrogen) atoms. The van der Waals surface area contributed by atoms with Gasteiger partial charge in [0.25, 0.3) is 0 Å². The maximum absolute atomic E-state index is 13.0. The van der Waals surface area contributed by atoms with E-state index in [9.17, 15) is 19.2 Å². The Kier molecular flexibility index (Phi) is 7.74. The van der Waals surface area contributed by atoms with Crippen LogP contribution in [0.5, 0.6) is 0 Å². The minimum absolute atomic E-state index is 0.0115. The van der Waals surface area contributed by atoms with E-state index in [4.69, 9.17) is 21.1 Å². The second kappa shape index (κ2) is 9.55. The Hall–Kier alpha value is -2.15. The second-order valence-corrected chi connectivity index (χ2v) is 10.1. The fourth-order valence-corrected chi connectivity index (χ4v) is 4.29. The van der Waals surface area contributed by atoms with E-state index < -0.39 is 28.6 Å². The Bertz CT molecular complexity index is 891. The maximum atomic E-state index is 13.0. The van der Waals surface area contributed by atoms with Gasteiger partial charge in [-0.05, 0) is 51.9 Å². The predicted octanol–water partition coefficient (Wildman–Crippen LogP) is 4.55. The summed E-state index contributed by atoms with van der Waals surface area (Å²) in [5, 5.41) is -0.0115. The highest BCUT2D eigenvalue weighted by molar-refractivity contribution is 6.48. The number of halogens is 1. The smallest absolute Gasteiger partial charge is 0.341 e. The number of rotatable bonds is 9. The molecule has 2 heterocycles. The molecule has 172 valence electrons. The van der Waals surface area contributed by atoms with Gasteiger partial charge < -0.3 is 14.0 Å². The molecule has 0 saturated carbocycles. The molecule has 2 rings (SSSR count). The van der Waals surface area contributed by atoms with Crippen LogP contribution < -0.4 is 0 Å². The van der Waals surface area contributed by atoms with E-state index in [0.717, 1.165) is 6.42 Å². The summed E-state index contributed by atoms with van der Waals surface area (Å²) in [7, 11) is 1.25. The quantitative estimate of drug-likeness (QED) is 0.309. The number of hydrogen-bond donors (Lipinski definition) is 0. The Morgan fingerprint density at radius 1 is 1.10 bits per heavy atom. The number of esters is 2. The first-order valence-corrected chi connectivity index (χ1v) is 10.9. The van der Waals surface area contributed by atoms with Crippen molar-refractivity contribution in [1.29, 1.82) is 0 Å². The van der Waals surface area contributed by atoms with Crippen LogP contribution >= 0.6 is 11.6 Å². The molecular formula is C23H32ClNO6. The van der Waals surface area contributed by atoms with Gasteiger partial charge in [-0.15, -0.1) is 0 Å². The lowest BCUT2D eigenvalue weighted by atomic mass is 9.81. The number of aromatic nitrogens is 1. The molecule has 0 bridgehead atoms. The molecule has 1 aliphatic heterocycles. The van der Waals surface area contributed by atoms with Gasteiger partial charge in [-0.25, -0.2) is 4.79 Å². The molecule has 0 unspecified atom stereocenters. The van der Waals surface area contributed by atoms with Gasteiger partial charge in [-0.1, -0.05) is 25.4 Å². The summed E-state index contributed by atoms with van der Waals surface area (Å²) in [4.78, 5) is 49.8. The number of Topliss-reactive ketones (excluding diaryl/α,β-unsaturated/α-hetero) is 2. The van der Waals surface area contributed by atoms with Gasteiger partial charge in [-0.2, -0.15) is 0 Å². The van der Waals surface area contributed by atoms with E-state index >= 15 is 0 Å². The predicted molar refractivity (Wildman–Crippen MR) is 117 cm³/mol. The fourth-order valence-electron chi connectivity index (χ4n) is 3.92. The van der Waals surface area contributed by atoms with Crippen molar-refractivity contribution in [3.63, 3.8) is 0 Å². The number of nitrogens with zero attached hydrogens (tertiary/aromatic N) is 1. The van der Waals surface area contributed by atoms with E-state index in [2.05, 4.69) is 0 Å². The molecule has 0 radical (unpaired) electrons. The topological polar surface area (TPSA) is 91.7 Å². The van der Waals surface area contributed by atoms with Crippen LogP contribution in [0.25, 0.3) is 0 Å². The van der Waals surface area contributed by atoms with Crippen LogP contribution in [-0.2, 0) is 32.0 Å². The number of carbonyl (C=O) groups excluding carboxylic acids is 4. The van der Waals surface area contributed by atoms with Crippen LogP contribution in [0.3, 0.4) is 0 Å². The van der Waals surface area contributed by atoms with Crippen molar-refractivity contribution in [3.05, 3.63) is 22.0 Å². The monoisotopic (exact) mass is 453 g/mol. The first-order valence-electron chi connectivity index (χ1n) is 10.6. The highest BCUT2D eigenvalue weighted by Gasteiger charge is 2.36. The molecule has 1 aromatic rings. The SMILES string of the molecule is COC(=O)c1c(Cl)c(C(=O)C(=O)CC(C)(C)CCCC(=O)OC(C)(C)C)n2c1CCC2. The first-order chi connectivity index (χ1) is 14.3. The van der Waals surface area contributed by atoms with Crippen molar-refractivity contribution in [1.82, 2.24) is 4.57 Å². The van der Waals surface area contributed by atoms with Crippen LogP contribution in [-0.4, -0.2) is 40.8 Å². The first kappa shape index (κ1) is 25.1. The van der Waals surface area contributed by atoms with Gasteiger partial charge in [-0.3, -0.25) is 14.4 Å². The summed E-state index contributed by atoms with van der Waals surface area (Å²) in [6, 6.07) is 0. The number of ether oxygens (including phenoxy) is 2. The van der Waals surface area contributed by atoms with Crippen molar-refractivity contribution >= 4 is 35.1 Å². The molecule has 0 spiro atoms. The van der Waals surface area contributed by atoms with Crippen LogP contribution in [0.4, 0.5) is 0 Å². The van der Waals surface area contributed by atoms with Gasteiger partial charge in [0.15, 0.2) is 0 Å². The number of ketones is 2. The van der Waals surface area contributed by atoms with E-state index in [1.54, 1.807) is 4.57 Å². The third-order valence-corrected chi connectivity index (χ3v) is 5.63. The van der Waals surface area contributed by atoms with Crippen molar-refractivity contribution in [3.8, 4) is 0 Å². The molecule has 0 saturated heterocycles. The minimum atomic E-state index is -0.691. The van der Waals surface area contributed by atoms with Crippen LogP contribution in [0, 0.1) is 5.41 Å². The fraction of sp³-hybridized carbons (Fsp3) is 0.652. The lowest BCUT2D eigenvalue weighted by molar-refractivity contribution is -0.155. The van der Waals surface area contributed by atoms with E-state index in [1.807, 2.05) is 34.6 Å². The lowest BCUT2D eigenvalue weighted by Gasteiger charge is -2.24. The van der Waals surface area contributed by atoms with Crippen molar-refractivity contribution in [2.75, 3.05) is 7.11 Å². The number of fused-ring (bicyclic) bond motifs is 1. The zero-order chi connectivity index (χ0) is 23.6. The molecular weight excluding hydrogens is 422 g/mol. The Morgan fingerprint density at radius 2 is 1.74 bits per heavy atom. The Morgan fingerprint density at radius 3 is 2.32 bits per heavy atom. The highest BCUT2D eigenvalue weighted by Crippen LogP contribution is 2.35. The lowest BCUT2D eigenvalue weighted by Crippen LogP contribution is -2.26. The summed E-state index contributed by atoms with van der Waals surface area (Å²) < 4.78 is 11.8. The average molecular weight is 454 g/mol. The summed E-state index contributed by atoms with van der Waals surface area (Å²) in [6.45, 7) is 9.74. The van der Waals surface area contributed by atoms with Crippen LogP contribution in [0.1, 0.15) is 93.3 Å². The van der Waals surface area contributed by atoms with Gasteiger partial charge in [0.1, 0.15) is 11.3 Å². The van der Waals surface area contributed by atoms with E-state index in [0.29, 0.717) is 31.5 Å². The number of carbonyl (C=O) groups is 4. The van der Waals surface area contributed by atoms with E-state index in [1.165, 1.54) is 7.11 Å². The zero-order valence-electron chi connectivity index (χ0n) is 19.2. The summed E-state index contributed by atoms with van der Waals surface area (Å²) in [5.41, 5.74) is -0.120. The average Bonchev–Trinajstić information content (AvgIpc) is 3.17. The maximum Gasteiger partial charge on any atom is 0.341 e. The van der Waals surface area contributed by atoms with Crippen LogP contribution in [0.15, 0.2) is 0 Å². The Balaban J connectivity index is 2.06. The molecule has 0 aliphatic carbocycles. The molecule has 1 aliphatic rings. The number of methoxy groups -OCH3 is 1. The normalized spacial score (nSPS) is 13.6. The second-order valence-electron chi connectivity index (χ2n) is 9.76. The van der Waals surface area contributed by atoms with Gasteiger partial charge in [0.05, 0.1) is 17.7 Å². The molecule has 0 atom stereocenters. The molecule has 0 N–H and O–H groups in total. The van der Waals surface area contributed by atoms with Gasteiger partial charge >= 0.3 is 11.9 Å².